The summed E-state index contributed by atoms with van der Waals surface area (Å²) in [6.07, 6.45) is 0. The second-order valence-corrected chi connectivity index (χ2v) is 2.86. The lowest BCUT2D eigenvalue weighted by Crippen LogP contribution is -1.75. The van der Waals surface area contributed by atoms with E-state index in [0.717, 1.165) is 5.56 Å². The molecule has 10 heavy (non-hydrogen) atoms. The van der Waals surface area contributed by atoms with Crippen molar-refractivity contribution in [2.75, 3.05) is 0 Å². The summed E-state index contributed by atoms with van der Waals surface area (Å²) in [5.74, 6) is 0.156. The average molecular weight is 203 g/mol. The molecule has 0 amide bonds. The summed E-state index contributed by atoms with van der Waals surface area (Å²) in [5.41, 5.74) is 0.740. The highest BCUT2D eigenvalue weighted by atomic mass is 79.9. The van der Waals surface area contributed by atoms with Gasteiger partial charge in [0.1, 0.15) is 16.0 Å². The molecular formula is C7H7BrO2. The molecule has 0 aliphatic heterocycles. The maximum atomic E-state index is 9.18. The number of benzene rings is 1. The monoisotopic (exact) mass is 202 g/mol. The third-order valence-electron chi connectivity index (χ3n) is 1.30. The van der Waals surface area contributed by atoms with Crippen molar-refractivity contribution >= 4 is 15.9 Å². The number of phenolic OH excluding ortho intramolecular Hbond substituents is 2. The van der Waals surface area contributed by atoms with Crippen molar-refractivity contribution in [3.05, 3.63) is 22.2 Å². The summed E-state index contributed by atoms with van der Waals surface area (Å²) in [6, 6.07) is 3.18. The van der Waals surface area contributed by atoms with E-state index in [1.165, 1.54) is 6.07 Å². The topological polar surface area (TPSA) is 40.5 Å². The van der Waals surface area contributed by atoms with Crippen LogP contribution >= 0.6 is 15.9 Å². The Morgan fingerprint density at radius 3 is 2.40 bits per heavy atom. The van der Waals surface area contributed by atoms with Gasteiger partial charge >= 0.3 is 0 Å². The number of rotatable bonds is 0. The van der Waals surface area contributed by atoms with E-state index in [0.29, 0.717) is 4.47 Å². The van der Waals surface area contributed by atoms with Crippen molar-refractivity contribution in [2.45, 2.75) is 6.92 Å². The lowest BCUT2D eigenvalue weighted by molar-refractivity contribution is 0.442. The number of aryl methyl sites for hydroxylation is 1. The number of phenols is 2. The largest absolute Gasteiger partial charge is 0.507 e. The van der Waals surface area contributed by atoms with Crippen LogP contribution in [0.4, 0.5) is 0 Å². The molecule has 0 spiro atoms. The third-order valence-corrected chi connectivity index (χ3v) is 2.08. The Labute approximate surface area is 67.3 Å². The van der Waals surface area contributed by atoms with Crippen molar-refractivity contribution < 1.29 is 10.2 Å². The minimum absolute atomic E-state index is 0.0584. The summed E-state index contributed by atoms with van der Waals surface area (Å²) in [7, 11) is 0. The molecule has 1 rings (SSSR count). The molecule has 54 valence electrons. The molecule has 0 radical (unpaired) electrons. The Kier molecular flexibility index (Phi) is 1.85. The van der Waals surface area contributed by atoms with Gasteiger partial charge in [0.15, 0.2) is 0 Å². The predicted octanol–water partition coefficient (Wildman–Crippen LogP) is 2.17. The van der Waals surface area contributed by atoms with Gasteiger partial charge in [-0.25, -0.2) is 0 Å². The van der Waals surface area contributed by atoms with Crippen molar-refractivity contribution in [1.82, 2.24) is 0 Å². The molecule has 0 aliphatic carbocycles. The summed E-state index contributed by atoms with van der Waals surface area (Å²) >= 11 is 3.03. The van der Waals surface area contributed by atoms with Gasteiger partial charge in [-0.3, -0.25) is 0 Å². The first-order valence-corrected chi connectivity index (χ1v) is 3.59. The van der Waals surface area contributed by atoms with Crippen LogP contribution in [0.1, 0.15) is 5.56 Å². The van der Waals surface area contributed by atoms with Crippen LogP contribution in [0.15, 0.2) is 16.6 Å². The minimum atomic E-state index is 0.0584. The highest BCUT2D eigenvalue weighted by molar-refractivity contribution is 9.10. The molecule has 1 aromatic carbocycles. The minimum Gasteiger partial charge on any atom is -0.507 e. The smallest absolute Gasteiger partial charge is 0.136 e. The maximum absolute atomic E-state index is 9.18. The number of hydrogen-bond acceptors (Lipinski definition) is 2. The third kappa shape index (κ3) is 1.09. The zero-order valence-corrected chi connectivity index (χ0v) is 7.01. The van der Waals surface area contributed by atoms with Gasteiger partial charge in [0.25, 0.3) is 0 Å². The van der Waals surface area contributed by atoms with Gasteiger partial charge in [-0.1, -0.05) is 6.07 Å². The molecule has 2 nitrogen and oxygen atoms in total. The van der Waals surface area contributed by atoms with Gasteiger partial charge < -0.3 is 10.2 Å². The van der Waals surface area contributed by atoms with Gasteiger partial charge in [0.2, 0.25) is 0 Å². The Hall–Kier alpha value is -0.700. The van der Waals surface area contributed by atoms with Crippen LogP contribution in [0.2, 0.25) is 0 Å². The van der Waals surface area contributed by atoms with E-state index in [1.807, 2.05) is 0 Å². The molecule has 0 atom stereocenters. The second kappa shape index (κ2) is 2.50. The van der Waals surface area contributed by atoms with Crippen molar-refractivity contribution in [1.29, 1.82) is 0 Å². The highest BCUT2D eigenvalue weighted by Gasteiger charge is 2.04. The summed E-state index contributed by atoms with van der Waals surface area (Å²) < 4.78 is 0.354. The normalized spacial score (nSPS) is 9.80. The van der Waals surface area contributed by atoms with E-state index >= 15 is 0 Å². The van der Waals surface area contributed by atoms with Crippen LogP contribution in [-0.4, -0.2) is 10.2 Å². The van der Waals surface area contributed by atoms with E-state index < -0.39 is 0 Å². The van der Waals surface area contributed by atoms with Crippen molar-refractivity contribution in [3.63, 3.8) is 0 Å². The maximum Gasteiger partial charge on any atom is 0.136 e. The van der Waals surface area contributed by atoms with Crippen LogP contribution in [-0.2, 0) is 0 Å². The van der Waals surface area contributed by atoms with Crippen LogP contribution in [0.25, 0.3) is 0 Å². The molecule has 0 fully saturated rings. The summed E-state index contributed by atoms with van der Waals surface area (Å²) in [6.45, 7) is 1.76. The first kappa shape index (κ1) is 7.41. The molecule has 2 N–H and O–H groups in total. The fraction of sp³-hybridized carbons (Fsp3) is 0.143. The Morgan fingerprint density at radius 1 is 1.30 bits per heavy atom. The number of halogens is 1. The molecule has 0 aliphatic rings. The van der Waals surface area contributed by atoms with Crippen molar-refractivity contribution in [3.8, 4) is 11.5 Å². The van der Waals surface area contributed by atoms with Crippen LogP contribution in [0.3, 0.4) is 0 Å². The first-order valence-electron chi connectivity index (χ1n) is 2.80. The molecule has 0 bridgehead atoms. The van der Waals surface area contributed by atoms with E-state index in [9.17, 15) is 5.11 Å². The molecule has 1 aromatic rings. The van der Waals surface area contributed by atoms with Gasteiger partial charge in [-0.05, 0) is 34.5 Å². The second-order valence-electron chi connectivity index (χ2n) is 2.06. The SMILES string of the molecule is Cc1ccc(O)c(Br)c1O. The average Bonchev–Trinajstić information content (AvgIpc) is 1.93. The van der Waals surface area contributed by atoms with Gasteiger partial charge in [-0.15, -0.1) is 0 Å². The summed E-state index contributed by atoms with van der Waals surface area (Å²) in [5, 5.41) is 18.2. The summed E-state index contributed by atoms with van der Waals surface area (Å²) in [4.78, 5) is 0. The molecular weight excluding hydrogens is 196 g/mol. The standard InChI is InChI=1S/C7H7BrO2/c1-4-2-3-5(9)6(8)7(4)10/h2-3,9-10H,1H3. The first-order chi connectivity index (χ1) is 4.63. The Morgan fingerprint density at radius 2 is 1.90 bits per heavy atom. The fourth-order valence-corrected chi connectivity index (χ4v) is 1.10. The molecule has 0 saturated heterocycles. The van der Waals surface area contributed by atoms with E-state index in [2.05, 4.69) is 15.9 Å². The van der Waals surface area contributed by atoms with Crippen LogP contribution in [0, 0.1) is 6.92 Å². The zero-order chi connectivity index (χ0) is 7.72. The molecule has 0 unspecified atom stereocenters. The molecule has 0 aromatic heterocycles. The number of hydrogen-bond donors (Lipinski definition) is 2. The zero-order valence-electron chi connectivity index (χ0n) is 5.43. The quantitative estimate of drug-likeness (QED) is 0.678. The van der Waals surface area contributed by atoms with E-state index in [-0.39, 0.29) is 11.5 Å². The van der Waals surface area contributed by atoms with Crippen LogP contribution < -0.4 is 0 Å². The van der Waals surface area contributed by atoms with Gasteiger partial charge in [0.05, 0.1) is 0 Å². The Balaban J connectivity index is 3.34. The van der Waals surface area contributed by atoms with E-state index in [1.54, 1.807) is 13.0 Å². The predicted molar refractivity (Wildman–Crippen MR) is 42.2 cm³/mol. The highest BCUT2D eigenvalue weighted by Crippen LogP contribution is 2.34. The van der Waals surface area contributed by atoms with Crippen LogP contribution in [0.5, 0.6) is 11.5 Å². The fourth-order valence-electron chi connectivity index (χ4n) is 0.650. The van der Waals surface area contributed by atoms with E-state index in [4.69, 9.17) is 5.11 Å². The molecule has 0 heterocycles. The van der Waals surface area contributed by atoms with Gasteiger partial charge in [0, 0.05) is 0 Å². The number of aromatic hydroxyl groups is 2. The van der Waals surface area contributed by atoms with Gasteiger partial charge in [-0.2, -0.15) is 0 Å². The molecule has 0 saturated carbocycles. The Bertz CT molecular complexity index is 231. The van der Waals surface area contributed by atoms with Crippen molar-refractivity contribution in [2.24, 2.45) is 0 Å². The lowest BCUT2D eigenvalue weighted by atomic mass is 10.2. The molecule has 3 heteroatoms. The lowest BCUT2D eigenvalue weighted by Gasteiger charge is -2.01.